The summed E-state index contributed by atoms with van der Waals surface area (Å²) < 4.78 is 63.8. The Morgan fingerprint density at radius 3 is 2.34 bits per heavy atom. The first kappa shape index (κ1) is 19.8. The smallest absolute Gasteiger partial charge is 0.191 e. The zero-order valence-corrected chi connectivity index (χ0v) is 16.3. The average Bonchev–Trinajstić information content (AvgIpc) is 3.27. The summed E-state index contributed by atoms with van der Waals surface area (Å²) in [6.07, 6.45) is 2.88. The van der Waals surface area contributed by atoms with Crippen LogP contribution in [0, 0.1) is 23.3 Å². The van der Waals surface area contributed by atoms with Crippen LogP contribution in [0.2, 0.25) is 0 Å². The Labute approximate surface area is 171 Å². The number of benzene rings is 2. The summed E-state index contributed by atoms with van der Waals surface area (Å²) >= 11 is 2.99. The maximum absolute atomic E-state index is 14.6. The first-order valence-corrected chi connectivity index (χ1v) is 9.37. The number of hydrogen-bond acceptors (Lipinski definition) is 4. The molecule has 1 N–H and O–H groups in total. The second-order valence-electron chi connectivity index (χ2n) is 6.87. The molecule has 29 heavy (non-hydrogen) atoms. The van der Waals surface area contributed by atoms with Crippen LogP contribution in [-0.2, 0) is 12.1 Å². The quantitative estimate of drug-likeness (QED) is 0.550. The fraction of sp³-hybridized carbons (Fsp3) is 0.263. The molecule has 0 amide bonds. The minimum atomic E-state index is -2.11. The summed E-state index contributed by atoms with van der Waals surface area (Å²) in [6.45, 7) is -0.324. The van der Waals surface area contributed by atoms with Gasteiger partial charge in [-0.25, -0.2) is 27.2 Å². The third-order valence-corrected chi connectivity index (χ3v) is 5.41. The summed E-state index contributed by atoms with van der Waals surface area (Å²) in [5.74, 6) is -4.49. The van der Waals surface area contributed by atoms with Crippen LogP contribution in [-0.4, -0.2) is 25.5 Å². The van der Waals surface area contributed by atoms with Gasteiger partial charge in [0.15, 0.2) is 23.0 Å². The van der Waals surface area contributed by atoms with E-state index >= 15 is 0 Å². The van der Waals surface area contributed by atoms with Gasteiger partial charge < -0.3 is 9.84 Å². The monoisotopic (exact) mass is 471 g/mol. The van der Waals surface area contributed by atoms with Gasteiger partial charge in [0.1, 0.15) is 29.9 Å². The summed E-state index contributed by atoms with van der Waals surface area (Å²) in [6, 6.07) is 4.73. The Bertz CT molecular complexity index is 1040. The molecule has 0 aliphatic heterocycles. The molecular weight excluding hydrogens is 458 g/mol. The van der Waals surface area contributed by atoms with Crippen molar-refractivity contribution in [1.82, 2.24) is 14.8 Å². The number of ether oxygens (including phenoxy) is 1. The van der Waals surface area contributed by atoms with E-state index in [0.29, 0.717) is 6.07 Å². The number of halogens is 5. The Kier molecular flexibility index (Phi) is 4.86. The first-order valence-electron chi connectivity index (χ1n) is 8.58. The molecular formula is C19H14BrF4N3O2. The van der Waals surface area contributed by atoms with Gasteiger partial charge in [0.2, 0.25) is 0 Å². The van der Waals surface area contributed by atoms with Crippen molar-refractivity contribution < 1.29 is 27.4 Å². The van der Waals surface area contributed by atoms with Gasteiger partial charge in [-0.2, -0.15) is 5.10 Å². The molecule has 0 radical (unpaired) electrons. The summed E-state index contributed by atoms with van der Waals surface area (Å²) in [5, 5.41) is 15.5. The summed E-state index contributed by atoms with van der Waals surface area (Å²) in [4.78, 5) is 3.78. The summed E-state index contributed by atoms with van der Waals surface area (Å²) in [5.41, 5.74) is -3.93. The molecule has 1 saturated carbocycles. The lowest BCUT2D eigenvalue weighted by atomic mass is 9.85. The second kappa shape index (κ2) is 7.10. The van der Waals surface area contributed by atoms with Crippen molar-refractivity contribution in [3.63, 3.8) is 0 Å². The van der Waals surface area contributed by atoms with E-state index in [0.717, 1.165) is 24.3 Å². The van der Waals surface area contributed by atoms with Crippen LogP contribution in [0.1, 0.15) is 18.4 Å². The number of aromatic nitrogens is 3. The molecule has 1 aliphatic rings. The van der Waals surface area contributed by atoms with Crippen LogP contribution >= 0.6 is 15.9 Å². The maximum Gasteiger partial charge on any atom is 0.191 e. The minimum absolute atomic E-state index is 0.173. The number of rotatable bonds is 6. The third kappa shape index (κ3) is 3.51. The van der Waals surface area contributed by atoms with Gasteiger partial charge in [-0.1, -0.05) is 22.0 Å². The number of hydrogen-bond donors (Lipinski definition) is 1. The van der Waals surface area contributed by atoms with Crippen LogP contribution in [0.5, 0.6) is 5.75 Å². The van der Waals surface area contributed by atoms with Crippen LogP contribution in [0.25, 0.3) is 0 Å². The lowest BCUT2D eigenvalue weighted by Crippen LogP contribution is -2.49. The van der Waals surface area contributed by atoms with E-state index in [2.05, 4.69) is 26.0 Å². The van der Waals surface area contributed by atoms with Gasteiger partial charge in [-0.15, -0.1) is 0 Å². The molecule has 1 heterocycles. The Balaban J connectivity index is 1.81. The highest BCUT2D eigenvalue weighted by Gasteiger charge is 2.64. The van der Waals surface area contributed by atoms with Gasteiger partial charge >= 0.3 is 0 Å². The normalized spacial score (nSPS) is 17.0. The van der Waals surface area contributed by atoms with E-state index in [1.165, 1.54) is 17.3 Å². The van der Waals surface area contributed by atoms with Crippen LogP contribution in [0.4, 0.5) is 17.6 Å². The second-order valence-corrected chi connectivity index (χ2v) is 7.79. The Morgan fingerprint density at radius 2 is 1.79 bits per heavy atom. The predicted octanol–water partition coefficient (Wildman–Crippen LogP) is 4.10. The highest BCUT2D eigenvalue weighted by molar-refractivity contribution is 9.10. The third-order valence-electron chi connectivity index (χ3n) is 4.95. The lowest BCUT2D eigenvalue weighted by molar-refractivity contribution is -0.102. The zero-order chi connectivity index (χ0) is 20.8. The molecule has 0 bridgehead atoms. The SMILES string of the molecule is OC(Cn1cncn1)(c1ccc(F)cc1F)C1(Oc2c(F)cc(Br)cc2F)CC1. The van der Waals surface area contributed by atoms with Crippen molar-refractivity contribution in [2.24, 2.45) is 0 Å². The van der Waals surface area contributed by atoms with Crippen molar-refractivity contribution in [2.45, 2.75) is 30.6 Å². The zero-order valence-electron chi connectivity index (χ0n) is 14.7. The molecule has 4 rings (SSSR count). The average molecular weight is 472 g/mol. The van der Waals surface area contributed by atoms with Crippen molar-refractivity contribution in [1.29, 1.82) is 0 Å². The maximum atomic E-state index is 14.6. The predicted molar refractivity (Wildman–Crippen MR) is 96.9 cm³/mol. The molecule has 0 saturated heterocycles. The van der Waals surface area contributed by atoms with Crippen molar-refractivity contribution in [3.8, 4) is 5.75 Å². The van der Waals surface area contributed by atoms with E-state index in [1.807, 2.05) is 0 Å². The minimum Gasteiger partial charge on any atom is -0.478 e. The topological polar surface area (TPSA) is 60.2 Å². The Hall–Kier alpha value is -2.46. The molecule has 5 nitrogen and oxygen atoms in total. The molecule has 1 unspecified atom stereocenters. The molecule has 1 aliphatic carbocycles. The van der Waals surface area contributed by atoms with Gasteiger partial charge in [-0.05, 0) is 31.0 Å². The molecule has 0 spiro atoms. The Morgan fingerprint density at radius 1 is 1.10 bits per heavy atom. The van der Waals surface area contributed by atoms with Crippen molar-refractivity contribution in [2.75, 3.05) is 0 Å². The van der Waals surface area contributed by atoms with E-state index < -0.39 is 40.2 Å². The van der Waals surface area contributed by atoms with Crippen molar-refractivity contribution in [3.05, 3.63) is 76.3 Å². The van der Waals surface area contributed by atoms with E-state index in [4.69, 9.17) is 4.74 Å². The van der Waals surface area contributed by atoms with Gasteiger partial charge in [0.25, 0.3) is 0 Å². The molecule has 2 aromatic carbocycles. The molecule has 1 atom stereocenters. The fourth-order valence-electron chi connectivity index (χ4n) is 3.38. The van der Waals surface area contributed by atoms with E-state index in [1.54, 1.807) is 0 Å². The lowest BCUT2D eigenvalue weighted by Gasteiger charge is -2.37. The van der Waals surface area contributed by atoms with Gasteiger partial charge in [-0.3, -0.25) is 0 Å². The van der Waals surface area contributed by atoms with Crippen LogP contribution in [0.3, 0.4) is 0 Å². The molecule has 1 aromatic heterocycles. The van der Waals surface area contributed by atoms with Gasteiger partial charge in [0, 0.05) is 16.1 Å². The van der Waals surface area contributed by atoms with Gasteiger partial charge in [0.05, 0.1) is 6.54 Å². The first-order chi connectivity index (χ1) is 13.7. The highest BCUT2D eigenvalue weighted by Crippen LogP contribution is 2.55. The number of aliphatic hydroxyl groups is 1. The standard InChI is InChI=1S/C19H14BrF4N3O2/c20-11-5-15(23)17(16(24)6-11)29-18(3-4-18)19(28,8-27-10-25-9-26-27)13-2-1-12(21)7-14(13)22/h1-2,5-7,9-10,28H,3-4,8H2. The largest absolute Gasteiger partial charge is 0.478 e. The molecule has 3 aromatic rings. The van der Waals surface area contributed by atoms with Crippen LogP contribution < -0.4 is 4.74 Å². The molecule has 152 valence electrons. The van der Waals surface area contributed by atoms with E-state index in [9.17, 15) is 22.7 Å². The summed E-state index contributed by atoms with van der Waals surface area (Å²) in [7, 11) is 0. The fourth-order valence-corrected chi connectivity index (χ4v) is 3.79. The molecule has 1 fully saturated rings. The van der Waals surface area contributed by atoms with E-state index in [-0.39, 0.29) is 29.4 Å². The highest BCUT2D eigenvalue weighted by atomic mass is 79.9. The van der Waals surface area contributed by atoms with Crippen molar-refractivity contribution >= 4 is 15.9 Å². The number of nitrogens with zero attached hydrogens (tertiary/aromatic N) is 3. The molecule has 10 heteroatoms. The van der Waals surface area contributed by atoms with Crippen LogP contribution in [0.15, 0.2) is 47.5 Å².